The predicted molar refractivity (Wildman–Crippen MR) is 62.7 cm³/mol. The van der Waals surface area contributed by atoms with E-state index in [1.54, 1.807) is 6.20 Å². The van der Waals surface area contributed by atoms with Crippen molar-refractivity contribution in [1.82, 2.24) is 15.0 Å². The fourth-order valence-electron chi connectivity index (χ4n) is 1.42. The second-order valence-corrected chi connectivity index (χ2v) is 4.61. The van der Waals surface area contributed by atoms with Crippen molar-refractivity contribution >= 4 is 55.0 Å². The SMILES string of the molecule is Clc1nc(Cl)c2sc3ncccc3c2n1. The van der Waals surface area contributed by atoms with Crippen LogP contribution in [0.25, 0.3) is 20.4 Å². The highest BCUT2D eigenvalue weighted by atomic mass is 35.5. The van der Waals surface area contributed by atoms with Crippen molar-refractivity contribution in [2.24, 2.45) is 0 Å². The van der Waals surface area contributed by atoms with Crippen LogP contribution < -0.4 is 0 Å². The van der Waals surface area contributed by atoms with Gasteiger partial charge >= 0.3 is 0 Å². The molecule has 3 aromatic heterocycles. The van der Waals surface area contributed by atoms with E-state index >= 15 is 0 Å². The fourth-order valence-corrected chi connectivity index (χ4v) is 2.88. The molecule has 3 nitrogen and oxygen atoms in total. The van der Waals surface area contributed by atoms with Crippen LogP contribution in [0.3, 0.4) is 0 Å². The molecule has 0 spiro atoms. The van der Waals surface area contributed by atoms with Crippen molar-refractivity contribution in [2.75, 3.05) is 0 Å². The largest absolute Gasteiger partial charge is 0.245 e. The zero-order chi connectivity index (χ0) is 10.4. The number of hydrogen-bond acceptors (Lipinski definition) is 4. The van der Waals surface area contributed by atoms with E-state index in [1.807, 2.05) is 12.1 Å². The summed E-state index contributed by atoms with van der Waals surface area (Å²) in [6, 6.07) is 3.80. The van der Waals surface area contributed by atoms with Gasteiger partial charge in [-0.2, -0.15) is 0 Å². The monoisotopic (exact) mass is 255 g/mol. The first kappa shape index (κ1) is 9.27. The Morgan fingerprint density at radius 3 is 2.93 bits per heavy atom. The smallest absolute Gasteiger partial charge is 0.224 e. The Labute approximate surface area is 98.7 Å². The van der Waals surface area contributed by atoms with E-state index in [0.717, 1.165) is 20.4 Å². The van der Waals surface area contributed by atoms with Gasteiger partial charge in [0.2, 0.25) is 5.28 Å². The van der Waals surface area contributed by atoms with Gasteiger partial charge in [0.25, 0.3) is 0 Å². The van der Waals surface area contributed by atoms with Gasteiger partial charge in [-0.1, -0.05) is 11.6 Å². The number of thiophene rings is 1. The summed E-state index contributed by atoms with van der Waals surface area (Å²) in [6.45, 7) is 0. The van der Waals surface area contributed by atoms with Crippen LogP contribution in [0.2, 0.25) is 10.4 Å². The van der Waals surface area contributed by atoms with Crippen LogP contribution >= 0.6 is 34.5 Å². The summed E-state index contributed by atoms with van der Waals surface area (Å²) in [5, 5.41) is 1.51. The van der Waals surface area contributed by atoms with Gasteiger partial charge in [0.15, 0.2) is 5.15 Å². The Morgan fingerprint density at radius 2 is 2.07 bits per heavy atom. The molecular formula is C9H3Cl2N3S. The summed E-state index contributed by atoms with van der Waals surface area (Å²) in [5.74, 6) is 0. The molecule has 0 atom stereocenters. The highest BCUT2D eigenvalue weighted by molar-refractivity contribution is 7.25. The van der Waals surface area contributed by atoms with Gasteiger partial charge in [-0.3, -0.25) is 0 Å². The molecule has 0 unspecified atom stereocenters. The summed E-state index contributed by atoms with van der Waals surface area (Å²) in [6.07, 6.45) is 1.74. The lowest BCUT2D eigenvalue weighted by molar-refractivity contribution is 1.23. The average molecular weight is 256 g/mol. The zero-order valence-electron chi connectivity index (χ0n) is 7.24. The highest BCUT2D eigenvalue weighted by Crippen LogP contribution is 2.35. The topological polar surface area (TPSA) is 38.7 Å². The molecule has 0 aromatic carbocycles. The number of halogens is 2. The third-order valence-corrected chi connectivity index (χ3v) is 3.69. The zero-order valence-corrected chi connectivity index (χ0v) is 9.57. The molecule has 0 aliphatic carbocycles. The minimum atomic E-state index is 0.163. The summed E-state index contributed by atoms with van der Waals surface area (Å²) in [4.78, 5) is 13.2. The molecule has 74 valence electrons. The number of nitrogens with zero attached hydrogens (tertiary/aromatic N) is 3. The summed E-state index contributed by atoms with van der Waals surface area (Å²) in [7, 11) is 0. The number of rotatable bonds is 0. The van der Waals surface area contributed by atoms with Gasteiger partial charge in [0.1, 0.15) is 4.83 Å². The Bertz CT molecular complexity index is 665. The number of fused-ring (bicyclic) bond motifs is 3. The van der Waals surface area contributed by atoms with Gasteiger partial charge in [0.05, 0.1) is 10.2 Å². The molecule has 0 bridgehead atoms. The first-order chi connectivity index (χ1) is 7.25. The lowest BCUT2D eigenvalue weighted by Gasteiger charge is -1.93. The van der Waals surface area contributed by atoms with Crippen LogP contribution in [0, 0.1) is 0 Å². The van der Waals surface area contributed by atoms with E-state index in [-0.39, 0.29) is 5.28 Å². The standard InChI is InChI=1S/C9H3Cl2N3S/c10-7-6-5(13-9(11)14-7)4-2-1-3-12-8(4)15-6/h1-3H. The highest BCUT2D eigenvalue weighted by Gasteiger charge is 2.11. The predicted octanol–water partition coefficient (Wildman–Crippen LogP) is 3.55. The number of pyridine rings is 1. The number of hydrogen-bond donors (Lipinski definition) is 0. The van der Waals surface area contributed by atoms with Crippen LogP contribution in [0.1, 0.15) is 0 Å². The second-order valence-electron chi connectivity index (χ2n) is 2.92. The molecule has 0 aliphatic rings. The van der Waals surface area contributed by atoms with Crippen molar-refractivity contribution in [3.8, 4) is 0 Å². The van der Waals surface area contributed by atoms with Crippen molar-refractivity contribution in [3.05, 3.63) is 28.8 Å². The molecule has 0 N–H and O–H groups in total. The maximum atomic E-state index is 5.98. The van der Waals surface area contributed by atoms with Crippen LogP contribution in [-0.4, -0.2) is 15.0 Å². The molecule has 3 heterocycles. The molecular weight excluding hydrogens is 253 g/mol. The molecule has 15 heavy (non-hydrogen) atoms. The average Bonchev–Trinajstić information content (AvgIpc) is 2.57. The molecule has 0 fully saturated rings. The lowest BCUT2D eigenvalue weighted by atomic mass is 10.3. The van der Waals surface area contributed by atoms with E-state index in [1.165, 1.54) is 11.3 Å². The molecule has 0 saturated heterocycles. The third-order valence-electron chi connectivity index (χ3n) is 2.02. The Kier molecular flexibility index (Phi) is 2.02. The molecule has 3 aromatic rings. The third kappa shape index (κ3) is 1.37. The molecule has 6 heteroatoms. The maximum Gasteiger partial charge on any atom is 0.224 e. The number of aromatic nitrogens is 3. The van der Waals surface area contributed by atoms with Crippen molar-refractivity contribution in [3.63, 3.8) is 0 Å². The van der Waals surface area contributed by atoms with Crippen molar-refractivity contribution in [1.29, 1.82) is 0 Å². The van der Waals surface area contributed by atoms with E-state index in [0.29, 0.717) is 5.15 Å². The molecule has 3 rings (SSSR count). The molecule has 0 amide bonds. The first-order valence-corrected chi connectivity index (χ1v) is 5.69. The van der Waals surface area contributed by atoms with Crippen molar-refractivity contribution in [2.45, 2.75) is 0 Å². The molecule has 0 aliphatic heterocycles. The van der Waals surface area contributed by atoms with E-state index in [4.69, 9.17) is 23.2 Å². The maximum absolute atomic E-state index is 5.98. The van der Waals surface area contributed by atoms with Crippen LogP contribution in [-0.2, 0) is 0 Å². The van der Waals surface area contributed by atoms with Gasteiger partial charge in [-0.15, -0.1) is 11.3 Å². The van der Waals surface area contributed by atoms with E-state index < -0.39 is 0 Å². The summed E-state index contributed by atoms with van der Waals surface area (Å²) < 4.78 is 0.828. The lowest BCUT2D eigenvalue weighted by Crippen LogP contribution is -1.82. The van der Waals surface area contributed by atoms with Crippen LogP contribution in [0.4, 0.5) is 0 Å². The summed E-state index contributed by atoms with van der Waals surface area (Å²) in [5.41, 5.74) is 0.771. The van der Waals surface area contributed by atoms with Gasteiger partial charge in [-0.25, -0.2) is 15.0 Å². The van der Waals surface area contributed by atoms with E-state index in [9.17, 15) is 0 Å². The minimum absolute atomic E-state index is 0.163. The Balaban J connectivity index is 2.61. The Morgan fingerprint density at radius 1 is 1.20 bits per heavy atom. The van der Waals surface area contributed by atoms with Gasteiger partial charge in [-0.05, 0) is 23.7 Å². The van der Waals surface area contributed by atoms with Gasteiger partial charge in [0, 0.05) is 11.6 Å². The summed E-state index contributed by atoms with van der Waals surface area (Å²) >= 11 is 13.2. The second kappa shape index (κ2) is 3.27. The van der Waals surface area contributed by atoms with Crippen LogP contribution in [0.5, 0.6) is 0 Å². The fraction of sp³-hybridized carbons (Fsp3) is 0. The van der Waals surface area contributed by atoms with Crippen LogP contribution in [0.15, 0.2) is 18.3 Å². The quantitative estimate of drug-likeness (QED) is 0.456. The van der Waals surface area contributed by atoms with Crippen molar-refractivity contribution < 1.29 is 0 Å². The molecule has 0 radical (unpaired) electrons. The molecule has 0 saturated carbocycles. The first-order valence-electron chi connectivity index (χ1n) is 4.12. The minimum Gasteiger partial charge on any atom is -0.245 e. The Hall–Kier alpha value is -0.970. The van der Waals surface area contributed by atoms with Gasteiger partial charge < -0.3 is 0 Å². The van der Waals surface area contributed by atoms with E-state index in [2.05, 4.69) is 15.0 Å². The normalized spacial score (nSPS) is 11.3.